The summed E-state index contributed by atoms with van der Waals surface area (Å²) >= 11 is 0. The molecule has 0 saturated heterocycles. The molecule has 9 nitrogen and oxygen atoms in total. The van der Waals surface area contributed by atoms with Crippen molar-refractivity contribution in [3.63, 3.8) is 0 Å². The van der Waals surface area contributed by atoms with Crippen LogP contribution in [-0.4, -0.2) is 33.0 Å². The van der Waals surface area contributed by atoms with Crippen molar-refractivity contribution in [2.24, 2.45) is 17.2 Å². The zero-order chi connectivity index (χ0) is 19.7. The predicted octanol–water partition coefficient (Wildman–Crippen LogP) is 0.968. The Balaban J connectivity index is -0.000000130. The van der Waals surface area contributed by atoms with Crippen molar-refractivity contribution in [3.05, 3.63) is 35.5 Å². The summed E-state index contributed by atoms with van der Waals surface area (Å²) in [6, 6.07) is 0. The largest absolute Gasteiger partial charge is 0.512 e. The number of aliphatic hydroxyl groups is 3. The molecule has 3 amide bonds. The summed E-state index contributed by atoms with van der Waals surface area (Å²) in [7, 11) is 0. The molecule has 10 heteroatoms. The molecule has 0 aromatic carbocycles. The fourth-order valence-electron chi connectivity index (χ4n) is 0.799. The molecule has 9 N–H and O–H groups in total. The van der Waals surface area contributed by atoms with E-state index in [1.165, 1.54) is 0 Å². The van der Waals surface area contributed by atoms with Crippen LogP contribution in [0.15, 0.2) is 35.5 Å². The first-order valence-corrected chi connectivity index (χ1v) is 7.06. The normalized spacial score (nSPS) is 10.9. The van der Waals surface area contributed by atoms with Gasteiger partial charge in [-0.3, -0.25) is 14.4 Å². The van der Waals surface area contributed by atoms with Gasteiger partial charge in [0.05, 0.1) is 17.3 Å². The Kier molecular flexibility index (Phi) is 23.9. The summed E-state index contributed by atoms with van der Waals surface area (Å²) in [5.41, 5.74) is 14.1. The third-order valence-electron chi connectivity index (χ3n) is 2.01. The number of amides is 3. The second-order valence-corrected chi connectivity index (χ2v) is 4.17. The number of hydrogen-bond acceptors (Lipinski definition) is 6. The number of hydrogen-bond donors (Lipinski definition) is 6. The van der Waals surface area contributed by atoms with E-state index in [4.69, 9.17) is 32.5 Å². The summed E-state index contributed by atoms with van der Waals surface area (Å²) < 4.78 is 0. The van der Waals surface area contributed by atoms with Crippen molar-refractivity contribution in [3.8, 4) is 0 Å². The van der Waals surface area contributed by atoms with E-state index in [1.54, 1.807) is 20.8 Å². The minimum atomic E-state index is -0.607. The molecule has 0 fully saturated rings. The second-order valence-electron chi connectivity index (χ2n) is 4.17. The zero-order valence-corrected chi connectivity index (χ0v) is 15.6. The number of carbonyl (C=O) groups excluding carboxylic acids is 3. The average Bonchev–Trinajstić information content (AvgIpc) is 2.46. The molecule has 0 aliphatic heterocycles. The molecule has 0 aliphatic rings. The van der Waals surface area contributed by atoms with Crippen LogP contribution in [0.1, 0.15) is 40.0 Å². The Morgan fingerprint density at radius 3 is 0.840 bits per heavy atom. The van der Waals surface area contributed by atoms with E-state index >= 15 is 0 Å². The first kappa shape index (κ1) is 30.4. The maximum Gasteiger partial charge on any atom is 0.244 e. The minimum absolute atomic E-state index is 0. The van der Waals surface area contributed by atoms with Crippen LogP contribution in [0.3, 0.4) is 0 Å². The van der Waals surface area contributed by atoms with Crippen LogP contribution >= 0.6 is 0 Å². The smallest absolute Gasteiger partial charge is 0.244 e. The van der Waals surface area contributed by atoms with Crippen LogP contribution in [0.4, 0.5) is 0 Å². The van der Waals surface area contributed by atoms with E-state index in [1.807, 2.05) is 0 Å². The van der Waals surface area contributed by atoms with Gasteiger partial charge in [0.15, 0.2) is 0 Å². The van der Waals surface area contributed by atoms with Crippen LogP contribution in [0.5, 0.6) is 0 Å². The summed E-state index contributed by atoms with van der Waals surface area (Å²) in [6.45, 7) is 5.19. The quantitative estimate of drug-likeness (QED) is 0.218. The van der Waals surface area contributed by atoms with Crippen molar-refractivity contribution in [2.45, 2.75) is 40.0 Å². The molecule has 0 bridgehead atoms. The molecule has 0 aromatic heterocycles. The Hall–Kier alpha value is -2.45. The van der Waals surface area contributed by atoms with Gasteiger partial charge in [-0.25, -0.2) is 0 Å². The Labute approximate surface area is 157 Å². The third kappa shape index (κ3) is 34.1. The standard InChI is InChI=1S/3C5H9NO2.Fe/c3*1-2-4(7)3-5(6)8;/h3*3,7H,2H2,1H3,(H2,6,8);. The Bertz CT molecular complexity index is 430. The van der Waals surface area contributed by atoms with Crippen molar-refractivity contribution in [1.29, 1.82) is 0 Å². The number of carbonyl (C=O) groups is 3. The van der Waals surface area contributed by atoms with Gasteiger partial charge in [0, 0.05) is 54.6 Å². The first-order valence-electron chi connectivity index (χ1n) is 7.06. The zero-order valence-electron chi connectivity index (χ0n) is 14.5. The molecule has 0 rings (SSSR count). The third-order valence-corrected chi connectivity index (χ3v) is 2.01. The van der Waals surface area contributed by atoms with E-state index in [-0.39, 0.29) is 34.3 Å². The first-order chi connectivity index (χ1) is 11.0. The number of rotatable bonds is 6. The molecular weight excluding hydrogens is 374 g/mol. The van der Waals surface area contributed by atoms with Gasteiger partial charge in [-0.1, -0.05) is 20.8 Å². The molecule has 0 spiro atoms. The molecule has 146 valence electrons. The van der Waals surface area contributed by atoms with Crippen LogP contribution < -0.4 is 17.2 Å². The van der Waals surface area contributed by atoms with Crippen molar-refractivity contribution < 1.29 is 46.8 Å². The van der Waals surface area contributed by atoms with Crippen LogP contribution in [-0.2, 0) is 31.5 Å². The number of nitrogens with two attached hydrogens (primary N) is 3. The van der Waals surface area contributed by atoms with Crippen LogP contribution in [0.25, 0.3) is 0 Å². The molecule has 0 radical (unpaired) electrons. The monoisotopic (exact) mass is 401 g/mol. The Morgan fingerprint density at radius 2 is 0.800 bits per heavy atom. The van der Waals surface area contributed by atoms with E-state index in [2.05, 4.69) is 0 Å². The summed E-state index contributed by atoms with van der Waals surface area (Å²) in [6.07, 6.45) is 4.34. The molecule has 0 atom stereocenters. The van der Waals surface area contributed by atoms with E-state index in [9.17, 15) is 14.4 Å². The van der Waals surface area contributed by atoms with Gasteiger partial charge < -0.3 is 32.5 Å². The number of primary amides is 3. The maximum atomic E-state index is 9.95. The van der Waals surface area contributed by atoms with Gasteiger partial charge in [0.2, 0.25) is 17.7 Å². The van der Waals surface area contributed by atoms with Gasteiger partial charge in [-0.2, -0.15) is 0 Å². The van der Waals surface area contributed by atoms with Gasteiger partial charge in [-0.05, 0) is 0 Å². The average molecular weight is 401 g/mol. The molecule has 0 unspecified atom stereocenters. The summed E-state index contributed by atoms with van der Waals surface area (Å²) in [4.78, 5) is 29.9. The SMILES string of the molecule is CCC(O)=CC(N)=O.CCC(O)=CC(N)=O.CCC(O)=CC(N)=O.[Fe]. The van der Waals surface area contributed by atoms with Gasteiger partial charge >= 0.3 is 0 Å². The molecule has 0 aliphatic carbocycles. The maximum absolute atomic E-state index is 9.95. The molecule has 0 heterocycles. The van der Waals surface area contributed by atoms with Crippen LogP contribution in [0.2, 0.25) is 0 Å². The second kappa shape index (κ2) is 19.6. The molecule has 0 saturated carbocycles. The molecule has 25 heavy (non-hydrogen) atoms. The van der Waals surface area contributed by atoms with E-state index in [0.29, 0.717) is 19.3 Å². The Morgan fingerprint density at radius 1 is 0.640 bits per heavy atom. The van der Waals surface area contributed by atoms with E-state index < -0.39 is 17.7 Å². The fraction of sp³-hybridized carbons (Fsp3) is 0.400. The van der Waals surface area contributed by atoms with Gasteiger partial charge in [0.1, 0.15) is 0 Å². The van der Waals surface area contributed by atoms with E-state index in [0.717, 1.165) is 18.2 Å². The van der Waals surface area contributed by atoms with Crippen molar-refractivity contribution in [1.82, 2.24) is 0 Å². The summed E-state index contributed by atoms with van der Waals surface area (Å²) in [5.74, 6) is -1.74. The van der Waals surface area contributed by atoms with Crippen molar-refractivity contribution >= 4 is 17.7 Å². The predicted molar refractivity (Wildman–Crippen MR) is 90.6 cm³/mol. The summed E-state index contributed by atoms with van der Waals surface area (Å²) in [5, 5.41) is 25.8. The number of aliphatic hydroxyl groups excluding tert-OH is 3. The van der Waals surface area contributed by atoms with Crippen molar-refractivity contribution in [2.75, 3.05) is 0 Å². The van der Waals surface area contributed by atoms with Gasteiger partial charge in [0.25, 0.3) is 0 Å². The molecular formula is C15H27FeN3O6. The topological polar surface area (TPSA) is 190 Å². The molecule has 0 aromatic rings. The number of allylic oxidation sites excluding steroid dienone is 3. The van der Waals surface area contributed by atoms with Gasteiger partial charge in [-0.15, -0.1) is 0 Å². The van der Waals surface area contributed by atoms with Crippen LogP contribution in [0, 0.1) is 0 Å². The minimum Gasteiger partial charge on any atom is -0.512 e. The fourth-order valence-corrected chi connectivity index (χ4v) is 0.799.